The quantitative estimate of drug-likeness (QED) is 0.563. The molecule has 0 atom stereocenters. The topological polar surface area (TPSA) is 36.9 Å². The third-order valence-electron chi connectivity index (χ3n) is 2.16. The summed E-state index contributed by atoms with van der Waals surface area (Å²) in [5.74, 6) is 0. The van der Waals surface area contributed by atoms with Gasteiger partial charge in [0.15, 0.2) is 0 Å². The minimum atomic E-state index is 0. The zero-order valence-corrected chi connectivity index (χ0v) is 15.9. The molecule has 0 saturated carbocycles. The van der Waals surface area contributed by atoms with E-state index in [1.54, 1.807) is 14.2 Å². The molecular weight excluding hydrogens is 280 g/mol. The normalized spacial score (nSPS) is 9.82. The van der Waals surface area contributed by atoms with Gasteiger partial charge in [-0.2, -0.15) is 0 Å². The fraction of sp³-hybridized carbons (Fsp3) is 1.00. The van der Waals surface area contributed by atoms with Crippen LogP contribution in [0.15, 0.2) is 0 Å². The van der Waals surface area contributed by atoms with E-state index in [2.05, 4.69) is 20.8 Å². The monoisotopic (exact) mass is 324 g/mol. The summed E-state index contributed by atoms with van der Waals surface area (Å²) in [4.78, 5) is 0. The highest BCUT2D eigenvalue weighted by Gasteiger charge is 1.89. The molecule has 0 fully saturated rings. The Hall–Kier alpha value is -0.160. The van der Waals surface area contributed by atoms with Crippen molar-refractivity contribution in [2.75, 3.05) is 34.0 Å². The van der Waals surface area contributed by atoms with Gasteiger partial charge in [-0.3, -0.25) is 0 Å². The number of rotatable bonds is 9. The van der Waals surface area contributed by atoms with Crippen molar-refractivity contribution in [2.45, 2.75) is 87.0 Å². The van der Waals surface area contributed by atoms with Crippen LogP contribution in [0.2, 0.25) is 0 Å². The Kier molecular flexibility index (Phi) is 34.9. The highest BCUT2D eigenvalue weighted by Crippen LogP contribution is 1.92. The van der Waals surface area contributed by atoms with Crippen LogP contribution in [0.4, 0.5) is 0 Å². The van der Waals surface area contributed by atoms with Gasteiger partial charge in [0.2, 0.25) is 0 Å². The predicted octanol–water partition coefficient (Wildman–Crippen LogP) is 4.95. The molecule has 0 rings (SSSR count). The maximum absolute atomic E-state index is 5.28. The average molecular weight is 325 g/mol. The maximum Gasteiger partial charge on any atom is 0.0703 e. The van der Waals surface area contributed by atoms with Gasteiger partial charge in [-0.15, -0.1) is 0 Å². The second kappa shape index (κ2) is 25.8. The van der Waals surface area contributed by atoms with E-state index in [1.807, 2.05) is 27.7 Å². The molecule has 0 aromatic carbocycles. The molecule has 22 heavy (non-hydrogen) atoms. The van der Waals surface area contributed by atoms with Gasteiger partial charge in [-0.25, -0.2) is 0 Å². The molecule has 4 heteroatoms. The molecule has 0 aliphatic heterocycles. The van der Waals surface area contributed by atoms with Crippen LogP contribution < -0.4 is 0 Å². The van der Waals surface area contributed by atoms with Crippen molar-refractivity contribution in [1.29, 1.82) is 0 Å². The average Bonchev–Trinajstić information content (AvgIpc) is 2.40. The first-order chi connectivity index (χ1) is 9.81. The van der Waals surface area contributed by atoms with Crippen molar-refractivity contribution in [3.63, 3.8) is 0 Å². The molecule has 0 radical (unpaired) electrons. The molecule has 0 spiro atoms. The Labute approximate surface area is 140 Å². The third-order valence-corrected chi connectivity index (χ3v) is 2.16. The molecular formula is C18H44O4. The van der Waals surface area contributed by atoms with Gasteiger partial charge in [0.1, 0.15) is 0 Å². The summed E-state index contributed by atoms with van der Waals surface area (Å²) in [6, 6.07) is 0. The second-order valence-corrected chi connectivity index (χ2v) is 5.47. The Balaban J connectivity index is -0.000000111. The van der Waals surface area contributed by atoms with E-state index >= 15 is 0 Å². The molecule has 0 aromatic heterocycles. The Morgan fingerprint density at radius 2 is 1.09 bits per heavy atom. The van der Waals surface area contributed by atoms with Crippen LogP contribution in [0.25, 0.3) is 0 Å². The first-order valence-electron chi connectivity index (χ1n) is 8.06. The van der Waals surface area contributed by atoms with Crippen LogP contribution in [0.3, 0.4) is 0 Å². The number of hydrogen-bond acceptors (Lipinski definition) is 4. The van der Waals surface area contributed by atoms with Crippen molar-refractivity contribution in [2.24, 2.45) is 0 Å². The Morgan fingerprint density at radius 1 is 0.682 bits per heavy atom. The highest BCUT2D eigenvalue weighted by molar-refractivity contribution is 4.36. The lowest BCUT2D eigenvalue weighted by atomic mass is 10.3. The van der Waals surface area contributed by atoms with Crippen molar-refractivity contribution >= 4 is 0 Å². The van der Waals surface area contributed by atoms with Gasteiger partial charge < -0.3 is 18.9 Å². The van der Waals surface area contributed by atoms with Crippen LogP contribution >= 0.6 is 0 Å². The van der Waals surface area contributed by atoms with E-state index in [4.69, 9.17) is 18.9 Å². The lowest BCUT2D eigenvalue weighted by Gasteiger charge is -2.04. The van der Waals surface area contributed by atoms with Gasteiger partial charge in [0.05, 0.1) is 31.5 Å². The highest BCUT2D eigenvalue weighted by atomic mass is 16.5. The minimum Gasteiger partial charge on any atom is -0.382 e. The lowest BCUT2D eigenvalue weighted by Crippen LogP contribution is -2.07. The number of hydrogen-bond donors (Lipinski definition) is 0. The third kappa shape index (κ3) is 50.2. The molecule has 0 N–H and O–H groups in total. The minimum absolute atomic E-state index is 0. The van der Waals surface area contributed by atoms with Crippen molar-refractivity contribution < 1.29 is 18.9 Å². The molecule has 0 aliphatic carbocycles. The van der Waals surface area contributed by atoms with Crippen LogP contribution in [-0.4, -0.2) is 52.4 Å². The second-order valence-electron chi connectivity index (χ2n) is 5.47. The first-order valence-corrected chi connectivity index (χ1v) is 8.06. The van der Waals surface area contributed by atoms with Gasteiger partial charge in [0, 0.05) is 20.8 Å². The van der Waals surface area contributed by atoms with E-state index < -0.39 is 0 Å². The van der Waals surface area contributed by atoms with E-state index in [0.29, 0.717) is 31.5 Å². The molecule has 4 nitrogen and oxygen atoms in total. The van der Waals surface area contributed by atoms with Gasteiger partial charge in [-0.1, -0.05) is 20.8 Å². The summed E-state index contributed by atoms with van der Waals surface area (Å²) in [6.45, 7) is 16.6. The van der Waals surface area contributed by atoms with E-state index in [1.165, 1.54) is 12.8 Å². The van der Waals surface area contributed by atoms with Crippen LogP contribution in [-0.2, 0) is 18.9 Å². The summed E-state index contributed by atoms with van der Waals surface area (Å²) < 4.78 is 20.0. The number of methoxy groups -OCH3 is 2. The molecule has 0 bridgehead atoms. The largest absolute Gasteiger partial charge is 0.382 e. The van der Waals surface area contributed by atoms with Gasteiger partial charge in [-0.05, 0) is 48.0 Å². The molecule has 140 valence electrons. The number of ether oxygens (including phenoxy) is 4. The van der Waals surface area contributed by atoms with E-state index in [-0.39, 0.29) is 7.43 Å². The molecule has 0 saturated heterocycles. The van der Waals surface area contributed by atoms with Gasteiger partial charge >= 0.3 is 0 Å². The fourth-order valence-electron chi connectivity index (χ4n) is 0.831. The smallest absolute Gasteiger partial charge is 0.0703 e. The van der Waals surface area contributed by atoms with E-state index in [9.17, 15) is 0 Å². The fourth-order valence-corrected chi connectivity index (χ4v) is 0.831. The molecule has 0 heterocycles. The Morgan fingerprint density at radius 3 is 1.36 bits per heavy atom. The molecule has 0 unspecified atom stereocenters. The molecule has 0 aromatic rings. The van der Waals surface area contributed by atoms with Crippen molar-refractivity contribution in [3.05, 3.63) is 0 Å². The number of unbranched alkanes of at least 4 members (excludes halogenated alkanes) is 1. The van der Waals surface area contributed by atoms with Crippen LogP contribution in [0, 0.1) is 0 Å². The van der Waals surface area contributed by atoms with Gasteiger partial charge in [0.25, 0.3) is 0 Å². The maximum atomic E-state index is 5.28. The molecule has 0 amide bonds. The van der Waals surface area contributed by atoms with Crippen LogP contribution in [0.1, 0.15) is 68.7 Å². The van der Waals surface area contributed by atoms with Crippen LogP contribution in [0.5, 0.6) is 0 Å². The lowest BCUT2D eigenvalue weighted by molar-refractivity contribution is 0.0351. The zero-order chi connectivity index (χ0) is 17.1. The van der Waals surface area contributed by atoms with E-state index in [0.717, 1.165) is 6.61 Å². The first kappa shape index (κ1) is 29.8. The standard InChI is InChI=1S/C7H16O.C6H14O2.C4H10O.CH4/c1-4-5-6-8-7(2)3;1-6(2)8-5-4-7-3;1-4(2)5-3;/h7H,4-6H2,1-3H3;6H,4-5H2,1-3H3;4H,1-3H3;1H4. The SMILES string of the molecule is C.CCCCOC(C)C.COC(C)C.COCCOC(C)C. The predicted molar refractivity (Wildman–Crippen MR) is 97.8 cm³/mol. The van der Waals surface area contributed by atoms with Crippen molar-refractivity contribution in [1.82, 2.24) is 0 Å². The summed E-state index contributed by atoms with van der Waals surface area (Å²) in [5, 5.41) is 0. The zero-order valence-electron chi connectivity index (χ0n) is 15.9. The molecule has 0 aliphatic rings. The summed E-state index contributed by atoms with van der Waals surface area (Å²) in [6.07, 6.45) is 3.53. The summed E-state index contributed by atoms with van der Waals surface area (Å²) in [5.41, 5.74) is 0. The summed E-state index contributed by atoms with van der Waals surface area (Å²) >= 11 is 0. The summed E-state index contributed by atoms with van der Waals surface area (Å²) in [7, 11) is 3.37. The van der Waals surface area contributed by atoms with Crippen molar-refractivity contribution in [3.8, 4) is 0 Å². The Bertz CT molecular complexity index is 145.